The van der Waals surface area contributed by atoms with Crippen LogP contribution in [0.1, 0.15) is 10.8 Å². The van der Waals surface area contributed by atoms with Gasteiger partial charge in [0.1, 0.15) is 5.82 Å². The maximum atomic E-state index is 13.0. The molecule has 1 unspecified atom stereocenters. The fraction of sp³-hybridized carbons (Fsp3) is 0.125. The van der Waals surface area contributed by atoms with Crippen LogP contribution in [-0.2, 0) is 0 Å². The van der Waals surface area contributed by atoms with Gasteiger partial charge in [-0.2, -0.15) is 0 Å². The summed E-state index contributed by atoms with van der Waals surface area (Å²) < 4.78 is 13.0. The van der Waals surface area contributed by atoms with Gasteiger partial charge in [0.05, 0.1) is 5.03 Å². The molecule has 0 bridgehead atoms. The molecule has 1 atom stereocenters. The second kappa shape index (κ2) is 5.69. The molecular weight excluding hydrogens is 271 g/mol. The summed E-state index contributed by atoms with van der Waals surface area (Å²) in [7, 11) is 0. The van der Waals surface area contributed by atoms with Gasteiger partial charge in [0, 0.05) is 22.7 Å². The zero-order chi connectivity index (χ0) is 13.9. The summed E-state index contributed by atoms with van der Waals surface area (Å²) >= 11 is 1.67. The Kier molecular flexibility index (Phi) is 3.76. The van der Waals surface area contributed by atoms with Crippen LogP contribution in [0.15, 0.2) is 59.6 Å². The Hall–Kier alpha value is -1.78. The number of halogens is 1. The van der Waals surface area contributed by atoms with Crippen molar-refractivity contribution in [2.75, 3.05) is 6.54 Å². The summed E-state index contributed by atoms with van der Waals surface area (Å²) in [5, 5.41) is 2.37. The van der Waals surface area contributed by atoms with E-state index in [0.717, 1.165) is 16.1 Å². The van der Waals surface area contributed by atoms with Crippen molar-refractivity contribution in [1.29, 1.82) is 0 Å². The largest absolute Gasteiger partial charge is 0.350 e. The molecule has 1 aromatic heterocycles. The van der Waals surface area contributed by atoms with Crippen LogP contribution in [0.2, 0.25) is 0 Å². The Bertz CT molecular complexity index is 673. The monoisotopic (exact) mass is 286 g/mol. The highest BCUT2D eigenvalue weighted by atomic mass is 32.2. The lowest BCUT2D eigenvalue weighted by atomic mass is 10.1. The molecule has 0 aliphatic carbocycles. The predicted octanol–water partition coefficient (Wildman–Crippen LogP) is 4.10. The van der Waals surface area contributed by atoms with Crippen LogP contribution < -0.4 is 5.73 Å². The number of H-pyrrole nitrogens is 1. The molecule has 0 amide bonds. The molecule has 2 nitrogen and oxygen atoms in total. The number of aromatic nitrogens is 1. The van der Waals surface area contributed by atoms with Crippen LogP contribution in [0.3, 0.4) is 0 Å². The second-order valence-electron chi connectivity index (χ2n) is 4.61. The lowest BCUT2D eigenvalue weighted by Crippen LogP contribution is -2.09. The van der Waals surface area contributed by atoms with Crippen molar-refractivity contribution in [2.45, 2.75) is 10.3 Å². The van der Waals surface area contributed by atoms with Crippen molar-refractivity contribution in [3.8, 4) is 0 Å². The smallest absolute Gasteiger partial charge is 0.123 e. The maximum Gasteiger partial charge on any atom is 0.123 e. The first-order valence-corrected chi connectivity index (χ1v) is 7.34. The van der Waals surface area contributed by atoms with Gasteiger partial charge in [-0.15, -0.1) is 0 Å². The molecule has 20 heavy (non-hydrogen) atoms. The summed E-state index contributed by atoms with van der Waals surface area (Å²) in [5.74, 6) is -0.222. The van der Waals surface area contributed by atoms with E-state index in [-0.39, 0.29) is 11.1 Å². The predicted molar refractivity (Wildman–Crippen MR) is 82.4 cm³/mol. The summed E-state index contributed by atoms with van der Waals surface area (Å²) in [6.45, 7) is 0.506. The van der Waals surface area contributed by atoms with E-state index in [0.29, 0.717) is 6.54 Å². The van der Waals surface area contributed by atoms with E-state index in [2.05, 4.69) is 23.2 Å². The minimum Gasteiger partial charge on any atom is -0.350 e. The van der Waals surface area contributed by atoms with Gasteiger partial charge in [-0.05, 0) is 29.8 Å². The summed E-state index contributed by atoms with van der Waals surface area (Å²) in [6, 6.07) is 16.8. The number of fused-ring (bicyclic) bond motifs is 1. The number of rotatable bonds is 4. The number of hydrogen-bond acceptors (Lipinski definition) is 2. The third-order valence-corrected chi connectivity index (χ3v) is 4.45. The van der Waals surface area contributed by atoms with Crippen molar-refractivity contribution < 1.29 is 4.39 Å². The first-order chi connectivity index (χ1) is 9.76. The molecule has 3 rings (SSSR count). The minimum absolute atomic E-state index is 0.115. The average Bonchev–Trinajstić information content (AvgIpc) is 2.88. The van der Waals surface area contributed by atoms with Crippen LogP contribution >= 0.6 is 11.8 Å². The van der Waals surface area contributed by atoms with Crippen molar-refractivity contribution in [2.24, 2.45) is 5.73 Å². The van der Waals surface area contributed by atoms with Crippen LogP contribution in [0, 0.1) is 5.82 Å². The number of aromatic amines is 1. The Morgan fingerprint density at radius 3 is 2.55 bits per heavy atom. The summed E-state index contributed by atoms with van der Waals surface area (Å²) in [6.07, 6.45) is 0. The Labute approximate surface area is 121 Å². The van der Waals surface area contributed by atoms with Crippen LogP contribution in [0.5, 0.6) is 0 Å². The fourth-order valence-electron chi connectivity index (χ4n) is 2.19. The molecule has 0 radical (unpaired) electrons. The third-order valence-electron chi connectivity index (χ3n) is 3.23. The van der Waals surface area contributed by atoms with E-state index in [4.69, 9.17) is 5.73 Å². The SMILES string of the molecule is NCC(Sc1cc2ccccc2[nH]1)c1ccc(F)cc1. The molecule has 0 saturated heterocycles. The zero-order valence-electron chi connectivity index (χ0n) is 10.8. The first-order valence-electron chi connectivity index (χ1n) is 6.46. The Morgan fingerprint density at radius 1 is 1.10 bits per heavy atom. The van der Waals surface area contributed by atoms with E-state index >= 15 is 0 Å². The van der Waals surface area contributed by atoms with Crippen molar-refractivity contribution in [1.82, 2.24) is 4.98 Å². The highest BCUT2D eigenvalue weighted by Crippen LogP contribution is 2.35. The lowest BCUT2D eigenvalue weighted by Gasteiger charge is -2.13. The van der Waals surface area contributed by atoms with E-state index in [1.54, 1.807) is 23.9 Å². The molecular formula is C16H15FN2S. The molecule has 3 aromatic rings. The van der Waals surface area contributed by atoms with Crippen molar-refractivity contribution in [3.63, 3.8) is 0 Å². The third kappa shape index (κ3) is 2.71. The van der Waals surface area contributed by atoms with E-state index in [1.165, 1.54) is 17.5 Å². The van der Waals surface area contributed by atoms with Gasteiger partial charge in [-0.25, -0.2) is 4.39 Å². The van der Waals surface area contributed by atoms with E-state index in [9.17, 15) is 4.39 Å². The zero-order valence-corrected chi connectivity index (χ0v) is 11.7. The molecule has 4 heteroatoms. The molecule has 0 aliphatic heterocycles. The van der Waals surface area contributed by atoms with Crippen LogP contribution in [0.4, 0.5) is 4.39 Å². The number of para-hydroxylation sites is 1. The number of nitrogens with two attached hydrogens (primary N) is 1. The topological polar surface area (TPSA) is 41.8 Å². The van der Waals surface area contributed by atoms with Crippen molar-refractivity contribution >= 4 is 22.7 Å². The minimum atomic E-state index is -0.222. The molecule has 102 valence electrons. The quantitative estimate of drug-likeness (QED) is 0.709. The maximum absolute atomic E-state index is 13.0. The average molecular weight is 286 g/mol. The molecule has 0 aliphatic rings. The molecule has 0 saturated carbocycles. The Balaban J connectivity index is 1.85. The highest BCUT2D eigenvalue weighted by molar-refractivity contribution is 7.99. The van der Waals surface area contributed by atoms with Gasteiger partial charge in [-0.1, -0.05) is 42.1 Å². The lowest BCUT2D eigenvalue weighted by molar-refractivity contribution is 0.627. The molecule has 3 N–H and O–H groups in total. The number of benzene rings is 2. The molecule has 0 fully saturated rings. The number of nitrogens with one attached hydrogen (secondary N) is 1. The van der Waals surface area contributed by atoms with Gasteiger partial charge in [0.2, 0.25) is 0 Å². The highest BCUT2D eigenvalue weighted by Gasteiger charge is 2.13. The summed E-state index contributed by atoms with van der Waals surface area (Å²) in [5.41, 5.74) is 8.01. The standard InChI is InChI=1S/C16H15FN2S/c17-13-7-5-11(6-8-13)15(10-18)20-16-9-12-3-1-2-4-14(12)19-16/h1-9,15,19H,10,18H2. The summed E-state index contributed by atoms with van der Waals surface area (Å²) in [4.78, 5) is 3.37. The van der Waals surface area contributed by atoms with Gasteiger partial charge in [0.15, 0.2) is 0 Å². The van der Waals surface area contributed by atoms with Gasteiger partial charge >= 0.3 is 0 Å². The molecule has 1 heterocycles. The second-order valence-corrected chi connectivity index (χ2v) is 5.86. The van der Waals surface area contributed by atoms with Gasteiger partial charge in [0.25, 0.3) is 0 Å². The normalized spacial score (nSPS) is 12.7. The number of thioether (sulfide) groups is 1. The van der Waals surface area contributed by atoms with Crippen molar-refractivity contribution in [3.05, 3.63) is 66.0 Å². The van der Waals surface area contributed by atoms with Crippen LogP contribution in [0.25, 0.3) is 10.9 Å². The van der Waals surface area contributed by atoms with Crippen LogP contribution in [-0.4, -0.2) is 11.5 Å². The Morgan fingerprint density at radius 2 is 1.85 bits per heavy atom. The van der Waals surface area contributed by atoms with Gasteiger partial charge in [-0.3, -0.25) is 0 Å². The molecule has 0 spiro atoms. The fourth-order valence-corrected chi connectivity index (χ4v) is 3.25. The molecule has 2 aromatic carbocycles. The first kappa shape index (κ1) is 13.2. The van der Waals surface area contributed by atoms with E-state index in [1.807, 2.05) is 12.1 Å². The number of hydrogen-bond donors (Lipinski definition) is 2. The van der Waals surface area contributed by atoms with Gasteiger partial charge < -0.3 is 10.7 Å². The van der Waals surface area contributed by atoms with E-state index < -0.39 is 0 Å².